The molecule has 0 spiro atoms. The largest absolute Gasteiger partial charge is 0.464 e. The van der Waals surface area contributed by atoms with Crippen LogP contribution in [-0.2, 0) is 10.0 Å². The highest BCUT2D eigenvalue weighted by atomic mass is 32.2. The fourth-order valence-electron chi connectivity index (χ4n) is 1.88. The lowest BCUT2D eigenvalue weighted by molar-refractivity contribution is 0.448. The van der Waals surface area contributed by atoms with Gasteiger partial charge < -0.3 is 4.42 Å². The number of aryl methyl sites for hydroxylation is 1. The fraction of sp³-hybridized carbons (Fsp3) is 0.375. The van der Waals surface area contributed by atoms with Crippen LogP contribution in [0, 0.1) is 6.92 Å². The average molecular weight is 307 g/mol. The van der Waals surface area contributed by atoms with Crippen molar-refractivity contribution < 1.29 is 12.8 Å². The van der Waals surface area contributed by atoms with Gasteiger partial charge in [-0.2, -0.15) is 4.72 Å². The minimum absolute atomic E-state index is 0.524. The molecule has 5 heteroatoms. The van der Waals surface area contributed by atoms with Crippen LogP contribution in [0.4, 0.5) is 0 Å². The first-order chi connectivity index (χ1) is 9.71. The first-order valence-electron chi connectivity index (χ1n) is 6.84. The summed E-state index contributed by atoms with van der Waals surface area (Å²) in [6, 6.07) is 12.5. The molecule has 114 valence electrons. The zero-order valence-corrected chi connectivity index (χ0v) is 13.6. The summed E-state index contributed by atoms with van der Waals surface area (Å²) in [6.07, 6.45) is 0. The Morgan fingerprint density at radius 3 is 2.14 bits per heavy atom. The second-order valence-electron chi connectivity index (χ2n) is 6.03. The highest BCUT2D eigenvalue weighted by Gasteiger charge is 2.33. The molecule has 0 bridgehead atoms. The van der Waals surface area contributed by atoms with E-state index in [0.29, 0.717) is 5.76 Å². The van der Waals surface area contributed by atoms with Crippen molar-refractivity contribution in [2.45, 2.75) is 38.5 Å². The molecule has 1 atom stereocenters. The van der Waals surface area contributed by atoms with Gasteiger partial charge in [0.15, 0.2) is 0 Å². The van der Waals surface area contributed by atoms with Crippen LogP contribution in [0.3, 0.4) is 0 Å². The molecular weight excluding hydrogens is 286 g/mol. The summed E-state index contributed by atoms with van der Waals surface area (Å²) >= 11 is 0. The van der Waals surface area contributed by atoms with Crippen molar-refractivity contribution in [2.75, 3.05) is 0 Å². The Morgan fingerprint density at radius 2 is 1.67 bits per heavy atom. The SMILES string of the molecule is Cc1ccc([C@@H](NS(=O)(=O)C(C)(C)C)c2ccccc2)o1. The number of hydrogen-bond acceptors (Lipinski definition) is 3. The van der Waals surface area contributed by atoms with Crippen LogP contribution in [0.25, 0.3) is 0 Å². The van der Waals surface area contributed by atoms with Crippen molar-refractivity contribution in [3.63, 3.8) is 0 Å². The van der Waals surface area contributed by atoms with Crippen LogP contribution in [0.15, 0.2) is 46.9 Å². The van der Waals surface area contributed by atoms with Gasteiger partial charge in [0.05, 0.1) is 4.75 Å². The Hall–Kier alpha value is -1.59. The molecule has 0 amide bonds. The summed E-state index contributed by atoms with van der Waals surface area (Å²) in [6.45, 7) is 6.85. The Morgan fingerprint density at radius 1 is 1.05 bits per heavy atom. The molecule has 0 aliphatic rings. The van der Waals surface area contributed by atoms with Crippen molar-refractivity contribution in [3.8, 4) is 0 Å². The summed E-state index contributed by atoms with van der Waals surface area (Å²) < 4.78 is 32.4. The molecule has 0 saturated carbocycles. The molecule has 0 saturated heterocycles. The molecule has 0 fully saturated rings. The van der Waals surface area contributed by atoms with Gasteiger partial charge in [0.25, 0.3) is 0 Å². The second kappa shape index (κ2) is 5.66. The smallest absolute Gasteiger partial charge is 0.217 e. The van der Waals surface area contributed by atoms with Crippen LogP contribution in [-0.4, -0.2) is 13.2 Å². The summed E-state index contributed by atoms with van der Waals surface area (Å²) in [5.41, 5.74) is 0.847. The molecule has 2 rings (SSSR count). The number of sulfonamides is 1. The standard InChI is InChI=1S/C16H21NO3S/c1-12-10-11-14(20-12)15(13-8-6-5-7-9-13)17-21(18,19)16(2,3)4/h5-11,15,17H,1-4H3/t15-/m0/s1. The maximum Gasteiger partial charge on any atom is 0.217 e. The Bertz CT molecular complexity index is 697. The van der Waals surface area contributed by atoms with Crippen LogP contribution in [0.2, 0.25) is 0 Å². The Kier molecular flexibility index (Phi) is 4.25. The van der Waals surface area contributed by atoms with E-state index in [4.69, 9.17) is 4.42 Å². The zero-order chi connectivity index (χ0) is 15.7. The molecule has 1 aromatic heterocycles. The van der Waals surface area contributed by atoms with E-state index in [1.54, 1.807) is 26.8 Å². The van der Waals surface area contributed by atoms with Crippen molar-refractivity contribution in [3.05, 3.63) is 59.5 Å². The predicted octanol–water partition coefficient (Wildman–Crippen LogP) is 3.40. The number of furan rings is 1. The van der Waals surface area contributed by atoms with E-state index in [9.17, 15) is 8.42 Å². The second-order valence-corrected chi connectivity index (χ2v) is 8.49. The molecule has 1 heterocycles. The molecule has 1 N–H and O–H groups in total. The van der Waals surface area contributed by atoms with Crippen molar-refractivity contribution >= 4 is 10.0 Å². The quantitative estimate of drug-likeness (QED) is 0.942. The highest BCUT2D eigenvalue weighted by Crippen LogP contribution is 2.27. The third-order valence-electron chi connectivity index (χ3n) is 3.26. The van der Waals surface area contributed by atoms with Gasteiger partial charge >= 0.3 is 0 Å². The summed E-state index contributed by atoms with van der Waals surface area (Å²) in [7, 11) is -3.49. The van der Waals surface area contributed by atoms with Crippen molar-refractivity contribution in [2.24, 2.45) is 0 Å². The third-order valence-corrected chi connectivity index (χ3v) is 5.42. The predicted molar refractivity (Wildman–Crippen MR) is 83.5 cm³/mol. The minimum Gasteiger partial charge on any atom is -0.464 e. The molecule has 1 aromatic carbocycles. The highest BCUT2D eigenvalue weighted by molar-refractivity contribution is 7.90. The van der Waals surface area contributed by atoms with Gasteiger partial charge in [-0.15, -0.1) is 0 Å². The normalized spacial score (nSPS) is 14.1. The molecule has 2 aromatic rings. The number of benzene rings is 1. The topological polar surface area (TPSA) is 59.3 Å². The maximum absolute atomic E-state index is 12.5. The van der Waals surface area contributed by atoms with Gasteiger partial charge in [-0.3, -0.25) is 0 Å². The zero-order valence-electron chi connectivity index (χ0n) is 12.8. The Balaban J connectivity index is 2.44. The molecular formula is C16H21NO3S. The lowest BCUT2D eigenvalue weighted by atomic mass is 10.1. The van der Waals surface area contributed by atoms with Gasteiger partial charge in [-0.1, -0.05) is 30.3 Å². The van der Waals surface area contributed by atoms with E-state index in [1.807, 2.05) is 43.3 Å². The summed E-state index contributed by atoms with van der Waals surface area (Å²) in [5.74, 6) is 1.34. The average Bonchev–Trinajstić information content (AvgIpc) is 2.82. The first-order valence-corrected chi connectivity index (χ1v) is 8.32. The van der Waals surface area contributed by atoms with Crippen molar-refractivity contribution in [1.82, 2.24) is 4.72 Å². The third kappa shape index (κ3) is 3.54. The molecule has 0 aliphatic carbocycles. The van der Waals surface area contributed by atoms with Crippen LogP contribution in [0.5, 0.6) is 0 Å². The van der Waals surface area contributed by atoms with E-state index in [-0.39, 0.29) is 0 Å². The van der Waals surface area contributed by atoms with Gasteiger partial charge in [0.1, 0.15) is 17.6 Å². The first kappa shape index (κ1) is 15.8. The van der Waals surface area contributed by atoms with Gasteiger partial charge in [0.2, 0.25) is 10.0 Å². The van der Waals surface area contributed by atoms with E-state index in [2.05, 4.69) is 4.72 Å². The van der Waals surface area contributed by atoms with E-state index in [0.717, 1.165) is 11.3 Å². The number of nitrogens with one attached hydrogen (secondary N) is 1. The minimum atomic E-state index is -3.49. The van der Waals surface area contributed by atoms with Crippen molar-refractivity contribution in [1.29, 1.82) is 0 Å². The maximum atomic E-state index is 12.5. The van der Waals surface area contributed by atoms with E-state index in [1.165, 1.54) is 0 Å². The lowest BCUT2D eigenvalue weighted by Crippen LogP contribution is -2.41. The molecule has 0 aliphatic heterocycles. The fourth-order valence-corrected chi connectivity index (χ4v) is 2.79. The number of rotatable bonds is 4. The van der Waals surface area contributed by atoms with Crippen LogP contribution in [0.1, 0.15) is 43.9 Å². The lowest BCUT2D eigenvalue weighted by Gasteiger charge is -2.24. The summed E-state index contributed by atoms with van der Waals surface area (Å²) in [5, 5.41) is 0. The molecule has 21 heavy (non-hydrogen) atoms. The number of hydrogen-bond donors (Lipinski definition) is 1. The Labute approximate surface area is 126 Å². The van der Waals surface area contributed by atoms with Gasteiger partial charge in [-0.05, 0) is 45.4 Å². The van der Waals surface area contributed by atoms with E-state index >= 15 is 0 Å². The van der Waals surface area contributed by atoms with Crippen LogP contribution < -0.4 is 4.72 Å². The summed E-state index contributed by atoms with van der Waals surface area (Å²) in [4.78, 5) is 0. The van der Waals surface area contributed by atoms with E-state index < -0.39 is 20.8 Å². The van der Waals surface area contributed by atoms with Gasteiger partial charge in [-0.25, -0.2) is 8.42 Å². The van der Waals surface area contributed by atoms with Crippen LogP contribution >= 0.6 is 0 Å². The van der Waals surface area contributed by atoms with Gasteiger partial charge in [0, 0.05) is 0 Å². The molecule has 0 radical (unpaired) electrons. The molecule has 0 unspecified atom stereocenters. The monoisotopic (exact) mass is 307 g/mol. The molecule has 4 nitrogen and oxygen atoms in total.